The van der Waals surface area contributed by atoms with Gasteiger partial charge in [-0.2, -0.15) is 0 Å². The van der Waals surface area contributed by atoms with Crippen LogP contribution in [0.25, 0.3) is 0 Å². The predicted octanol–water partition coefficient (Wildman–Crippen LogP) is 3.87. The average molecular weight is 492 g/mol. The van der Waals surface area contributed by atoms with Crippen molar-refractivity contribution in [3.63, 3.8) is 0 Å². The second kappa shape index (κ2) is 11.3. The fourth-order valence-corrected chi connectivity index (χ4v) is 4.25. The van der Waals surface area contributed by atoms with Gasteiger partial charge in [0.15, 0.2) is 0 Å². The third kappa shape index (κ3) is 6.26. The average Bonchev–Trinajstić information content (AvgIpc) is 2.89. The number of halogens is 1. The number of ether oxygens (including phenoxy) is 2. The molecule has 0 saturated carbocycles. The van der Waals surface area contributed by atoms with Crippen molar-refractivity contribution >= 4 is 11.8 Å². The molecule has 7 nitrogen and oxygen atoms in total. The van der Waals surface area contributed by atoms with E-state index in [1.165, 1.54) is 24.3 Å². The Kier molecular flexibility index (Phi) is 7.95. The Morgan fingerprint density at radius 1 is 1.11 bits per heavy atom. The molecule has 2 heterocycles. The van der Waals surface area contributed by atoms with Crippen LogP contribution in [0.1, 0.15) is 28.0 Å². The van der Waals surface area contributed by atoms with Gasteiger partial charge in [-0.3, -0.25) is 14.6 Å². The number of aryl methyl sites for hydroxylation is 1. The Morgan fingerprint density at radius 2 is 1.86 bits per heavy atom. The van der Waals surface area contributed by atoms with Gasteiger partial charge in [-0.25, -0.2) is 4.39 Å². The van der Waals surface area contributed by atoms with E-state index in [-0.39, 0.29) is 43.8 Å². The van der Waals surface area contributed by atoms with E-state index >= 15 is 0 Å². The second-order valence-electron chi connectivity index (χ2n) is 9.05. The fourth-order valence-electron chi connectivity index (χ4n) is 4.25. The molecule has 4 rings (SSSR count). The topological polar surface area (TPSA) is 72.0 Å². The molecule has 0 spiro atoms. The van der Waals surface area contributed by atoms with Crippen LogP contribution in [0, 0.1) is 12.7 Å². The highest BCUT2D eigenvalue weighted by molar-refractivity contribution is 5.95. The Labute approximate surface area is 210 Å². The SMILES string of the molecule is Cc1ncccc1C(=O)N1CCOC(COc2ccc(F)cc2)(CC(=O)N(C)Cc2ccccc2)C1. The van der Waals surface area contributed by atoms with Gasteiger partial charge in [-0.05, 0) is 48.9 Å². The molecular weight excluding hydrogens is 461 g/mol. The third-order valence-electron chi connectivity index (χ3n) is 6.25. The number of benzene rings is 2. The summed E-state index contributed by atoms with van der Waals surface area (Å²) in [5.74, 6) is -0.211. The van der Waals surface area contributed by atoms with Gasteiger partial charge in [0.2, 0.25) is 5.91 Å². The number of nitrogens with zero attached hydrogens (tertiary/aromatic N) is 3. The molecule has 1 unspecified atom stereocenters. The van der Waals surface area contributed by atoms with Gasteiger partial charge in [-0.15, -0.1) is 0 Å². The zero-order valence-electron chi connectivity index (χ0n) is 20.5. The van der Waals surface area contributed by atoms with Crippen LogP contribution in [0.3, 0.4) is 0 Å². The lowest BCUT2D eigenvalue weighted by Gasteiger charge is -2.42. The van der Waals surface area contributed by atoms with Gasteiger partial charge in [0.25, 0.3) is 5.91 Å². The van der Waals surface area contributed by atoms with Crippen molar-refractivity contribution < 1.29 is 23.5 Å². The molecule has 188 valence electrons. The fraction of sp³-hybridized carbons (Fsp3) is 0.321. The van der Waals surface area contributed by atoms with Crippen molar-refractivity contribution in [1.29, 1.82) is 0 Å². The summed E-state index contributed by atoms with van der Waals surface area (Å²) in [6.45, 7) is 3.09. The van der Waals surface area contributed by atoms with Crippen molar-refractivity contribution in [2.45, 2.75) is 25.5 Å². The van der Waals surface area contributed by atoms with Crippen LogP contribution in [-0.4, -0.2) is 65.6 Å². The van der Waals surface area contributed by atoms with Crippen LogP contribution in [0.2, 0.25) is 0 Å². The minimum atomic E-state index is -1.07. The molecule has 1 aliphatic heterocycles. The first kappa shape index (κ1) is 25.3. The van der Waals surface area contributed by atoms with E-state index in [0.717, 1.165) is 5.56 Å². The Hall–Kier alpha value is -3.78. The van der Waals surface area contributed by atoms with Gasteiger partial charge in [-0.1, -0.05) is 30.3 Å². The molecule has 8 heteroatoms. The van der Waals surface area contributed by atoms with E-state index in [1.807, 2.05) is 30.3 Å². The molecule has 2 aromatic carbocycles. The first-order valence-electron chi connectivity index (χ1n) is 11.9. The molecule has 0 N–H and O–H groups in total. The maximum Gasteiger partial charge on any atom is 0.255 e. The van der Waals surface area contributed by atoms with Crippen molar-refractivity contribution in [3.8, 4) is 5.75 Å². The van der Waals surface area contributed by atoms with Crippen LogP contribution < -0.4 is 4.74 Å². The number of rotatable bonds is 8. The van der Waals surface area contributed by atoms with E-state index in [1.54, 1.807) is 42.1 Å². The zero-order valence-corrected chi connectivity index (χ0v) is 20.5. The van der Waals surface area contributed by atoms with E-state index in [4.69, 9.17) is 9.47 Å². The van der Waals surface area contributed by atoms with Gasteiger partial charge in [0.1, 0.15) is 23.8 Å². The van der Waals surface area contributed by atoms with Crippen LogP contribution >= 0.6 is 0 Å². The number of carbonyl (C=O) groups excluding carboxylic acids is 2. The molecular formula is C28H30FN3O4. The third-order valence-corrected chi connectivity index (χ3v) is 6.25. The van der Waals surface area contributed by atoms with Crippen molar-refractivity contribution in [1.82, 2.24) is 14.8 Å². The maximum atomic E-state index is 13.4. The van der Waals surface area contributed by atoms with Crippen LogP contribution in [-0.2, 0) is 16.1 Å². The molecule has 3 aromatic rings. The molecule has 1 fully saturated rings. The van der Waals surface area contributed by atoms with E-state index in [2.05, 4.69) is 4.98 Å². The van der Waals surface area contributed by atoms with Crippen molar-refractivity contribution in [2.75, 3.05) is 33.4 Å². The minimum Gasteiger partial charge on any atom is -0.490 e. The van der Waals surface area contributed by atoms with Gasteiger partial charge >= 0.3 is 0 Å². The molecule has 1 aliphatic rings. The summed E-state index contributed by atoms with van der Waals surface area (Å²) < 4.78 is 25.5. The lowest BCUT2D eigenvalue weighted by Crippen LogP contribution is -2.58. The van der Waals surface area contributed by atoms with E-state index in [0.29, 0.717) is 30.1 Å². The lowest BCUT2D eigenvalue weighted by molar-refractivity contribution is -0.152. The first-order valence-corrected chi connectivity index (χ1v) is 11.9. The summed E-state index contributed by atoms with van der Waals surface area (Å²) in [5, 5.41) is 0. The van der Waals surface area contributed by atoms with Crippen LogP contribution in [0.5, 0.6) is 5.75 Å². The molecule has 0 bridgehead atoms. The van der Waals surface area contributed by atoms with E-state index < -0.39 is 5.60 Å². The number of hydrogen-bond acceptors (Lipinski definition) is 5. The van der Waals surface area contributed by atoms with Crippen LogP contribution in [0.4, 0.5) is 4.39 Å². The highest BCUT2D eigenvalue weighted by atomic mass is 19.1. The van der Waals surface area contributed by atoms with Crippen LogP contribution in [0.15, 0.2) is 72.9 Å². The first-order chi connectivity index (χ1) is 17.3. The summed E-state index contributed by atoms with van der Waals surface area (Å²) in [6, 6.07) is 18.9. The standard InChI is InChI=1S/C28H30FN3O4/c1-21-25(9-6-14-30-21)27(34)32-15-16-36-28(19-32,20-35-24-12-10-23(29)11-13-24)17-26(33)31(2)18-22-7-4-3-5-8-22/h3-14H,15-20H2,1-2H3. The number of aromatic nitrogens is 1. The highest BCUT2D eigenvalue weighted by Crippen LogP contribution is 2.27. The van der Waals surface area contributed by atoms with Gasteiger partial charge in [0, 0.05) is 32.0 Å². The summed E-state index contributed by atoms with van der Waals surface area (Å²) in [7, 11) is 1.74. The van der Waals surface area contributed by atoms with Gasteiger partial charge < -0.3 is 19.3 Å². The largest absolute Gasteiger partial charge is 0.490 e. The minimum absolute atomic E-state index is 0.0212. The summed E-state index contributed by atoms with van der Waals surface area (Å²) in [6.07, 6.45) is 1.67. The smallest absolute Gasteiger partial charge is 0.255 e. The monoisotopic (exact) mass is 491 g/mol. The Bertz CT molecular complexity index is 1190. The number of morpholine rings is 1. The highest BCUT2D eigenvalue weighted by Gasteiger charge is 2.42. The molecule has 1 saturated heterocycles. The quantitative estimate of drug-likeness (QED) is 0.479. The zero-order chi connectivity index (χ0) is 25.5. The van der Waals surface area contributed by atoms with Crippen molar-refractivity contribution in [2.24, 2.45) is 0 Å². The molecule has 1 aromatic heterocycles. The number of amides is 2. The number of carbonyl (C=O) groups is 2. The predicted molar refractivity (Wildman–Crippen MR) is 133 cm³/mol. The summed E-state index contributed by atoms with van der Waals surface area (Å²) >= 11 is 0. The molecule has 36 heavy (non-hydrogen) atoms. The summed E-state index contributed by atoms with van der Waals surface area (Å²) in [5.41, 5.74) is 1.10. The second-order valence-corrected chi connectivity index (χ2v) is 9.05. The maximum absolute atomic E-state index is 13.4. The lowest BCUT2D eigenvalue weighted by atomic mass is 9.96. The summed E-state index contributed by atoms with van der Waals surface area (Å²) in [4.78, 5) is 34.2. The Balaban J connectivity index is 1.53. The molecule has 1 atom stereocenters. The Morgan fingerprint density at radius 3 is 2.58 bits per heavy atom. The van der Waals surface area contributed by atoms with Crippen molar-refractivity contribution in [3.05, 3.63) is 95.6 Å². The molecule has 0 aliphatic carbocycles. The van der Waals surface area contributed by atoms with Gasteiger partial charge in [0.05, 0.1) is 25.1 Å². The number of hydrogen-bond donors (Lipinski definition) is 0. The molecule has 2 amide bonds. The normalized spacial score (nSPS) is 17.5. The van der Waals surface area contributed by atoms with E-state index in [9.17, 15) is 14.0 Å². The number of pyridine rings is 1. The molecule has 0 radical (unpaired) electrons.